The first-order valence-corrected chi connectivity index (χ1v) is 7.68. The van der Waals surface area contributed by atoms with E-state index in [1.165, 1.54) is 38.4 Å². The summed E-state index contributed by atoms with van der Waals surface area (Å²) in [5, 5.41) is 4.05. The zero-order chi connectivity index (χ0) is 14.8. The Morgan fingerprint density at radius 1 is 1.33 bits per heavy atom. The summed E-state index contributed by atoms with van der Waals surface area (Å²) >= 11 is 0. The number of hydrogen-bond acceptors (Lipinski definition) is 4. The molecular weight excluding hydrogens is 264 g/mol. The number of hydrogen-bond donors (Lipinski definition) is 3. The van der Waals surface area contributed by atoms with Crippen molar-refractivity contribution >= 4 is 22.3 Å². The van der Waals surface area contributed by atoms with E-state index in [0.717, 1.165) is 5.69 Å². The summed E-state index contributed by atoms with van der Waals surface area (Å²) in [5.41, 5.74) is 8.08. The first-order valence-electron chi connectivity index (χ1n) is 7.68. The number of nitrogens with zero attached hydrogens (tertiary/aromatic N) is 1. The van der Waals surface area contributed by atoms with Crippen LogP contribution < -0.4 is 16.6 Å². The van der Waals surface area contributed by atoms with Crippen LogP contribution in [0.15, 0.2) is 23.3 Å². The Bertz CT molecular complexity index is 688. The third kappa shape index (κ3) is 2.86. The fraction of sp³-hybridized carbons (Fsp3) is 0.500. The van der Waals surface area contributed by atoms with Crippen LogP contribution in [-0.4, -0.2) is 16.0 Å². The van der Waals surface area contributed by atoms with Gasteiger partial charge in [0.25, 0.3) is 5.56 Å². The van der Waals surface area contributed by atoms with E-state index >= 15 is 0 Å². The molecule has 1 aromatic heterocycles. The van der Waals surface area contributed by atoms with Crippen LogP contribution in [0, 0.1) is 5.92 Å². The van der Waals surface area contributed by atoms with Gasteiger partial charge in [-0.2, -0.15) is 0 Å². The number of rotatable bonds is 3. The molecule has 21 heavy (non-hydrogen) atoms. The summed E-state index contributed by atoms with van der Waals surface area (Å²) in [7, 11) is 0. The number of nitrogens with one attached hydrogen (secondary N) is 2. The van der Waals surface area contributed by atoms with Crippen LogP contribution in [0.3, 0.4) is 0 Å². The molecule has 1 aromatic carbocycles. The molecule has 1 aliphatic carbocycles. The highest BCUT2D eigenvalue weighted by atomic mass is 16.1. The molecule has 0 spiro atoms. The minimum atomic E-state index is -0.154. The Morgan fingerprint density at radius 3 is 2.86 bits per heavy atom. The van der Waals surface area contributed by atoms with Crippen LogP contribution in [-0.2, 0) is 0 Å². The third-order valence-electron chi connectivity index (χ3n) is 4.55. The Kier molecular flexibility index (Phi) is 3.82. The maximum absolute atomic E-state index is 11.7. The number of benzene rings is 1. The van der Waals surface area contributed by atoms with E-state index in [1.807, 2.05) is 6.07 Å². The molecule has 0 amide bonds. The van der Waals surface area contributed by atoms with E-state index in [1.54, 1.807) is 6.07 Å². The molecule has 5 heteroatoms. The largest absolute Gasteiger partial charge is 0.397 e. The van der Waals surface area contributed by atoms with Gasteiger partial charge in [0.2, 0.25) is 0 Å². The van der Waals surface area contributed by atoms with Crippen LogP contribution >= 0.6 is 0 Å². The first-order chi connectivity index (χ1) is 10.1. The topological polar surface area (TPSA) is 83.8 Å². The summed E-state index contributed by atoms with van der Waals surface area (Å²) in [5.74, 6) is 0.695. The Labute approximate surface area is 124 Å². The average molecular weight is 286 g/mol. The first kappa shape index (κ1) is 13.9. The highest BCUT2D eigenvalue weighted by Crippen LogP contribution is 2.30. The molecule has 112 valence electrons. The highest BCUT2D eigenvalue weighted by molar-refractivity contribution is 5.88. The predicted octanol–water partition coefficient (Wildman–Crippen LogP) is 2.89. The Morgan fingerprint density at radius 2 is 2.10 bits per heavy atom. The van der Waals surface area contributed by atoms with Gasteiger partial charge in [-0.3, -0.25) is 4.79 Å². The van der Waals surface area contributed by atoms with Crippen molar-refractivity contribution in [2.75, 3.05) is 11.1 Å². The number of fused-ring (bicyclic) bond motifs is 1. The molecule has 1 heterocycles. The van der Waals surface area contributed by atoms with Crippen molar-refractivity contribution in [3.8, 4) is 0 Å². The molecule has 1 fully saturated rings. The lowest BCUT2D eigenvalue weighted by atomic mass is 9.84. The minimum absolute atomic E-state index is 0.154. The van der Waals surface area contributed by atoms with Gasteiger partial charge in [0.15, 0.2) is 0 Å². The minimum Gasteiger partial charge on any atom is -0.397 e. The molecule has 1 atom stereocenters. The van der Waals surface area contributed by atoms with Gasteiger partial charge in [0, 0.05) is 6.04 Å². The number of nitrogen functional groups attached to an aromatic ring is 1. The maximum atomic E-state index is 11.7. The van der Waals surface area contributed by atoms with Crippen LogP contribution in [0.5, 0.6) is 0 Å². The molecule has 4 N–H and O–H groups in total. The number of aromatic amines is 1. The molecule has 0 aliphatic heterocycles. The van der Waals surface area contributed by atoms with Gasteiger partial charge in [-0.15, -0.1) is 0 Å². The molecule has 0 bridgehead atoms. The van der Waals surface area contributed by atoms with Gasteiger partial charge in [-0.05, 0) is 37.8 Å². The predicted molar refractivity (Wildman–Crippen MR) is 86.4 cm³/mol. The highest BCUT2D eigenvalue weighted by Gasteiger charge is 2.20. The third-order valence-corrected chi connectivity index (χ3v) is 4.55. The zero-order valence-electron chi connectivity index (χ0n) is 12.4. The van der Waals surface area contributed by atoms with E-state index in [2.05, 4.69) is 22.2 Å². The van der Waals surface area contributed by atoms with Gasteiger partial charge < -0.3 is 16.0 Å². The maximum Gasteiger partial charge on any atom is 0.258 e. The number of H-pyrrole nitrogens is 1. The van der Waals surface area contributed by atoms with E-state index in [9.17, 15) is 4.79 Å². The number of aromatic nitrogens is 2. The van der Waals surface area contributed by atoms with Gasteiger partial charge in [-0.25, -0.2) is 4.98 Å². The molecule has 1 saturated carbocycles. The van der Waals surface area contributed by atoms with Crippen molar-refractivity contribution in [2.24, 2.45) is 5.92 Å². The van der Waals surface area contributed by atoms with Crippen molar-refractivity contribution < 1.29 is 0 Å². The standard InChI is InChI=1S/C16H22N4O/c1-10(11-5-3-2-4-6-11)20-15-8-14-12(7-13(15)17)16(21)19-9-18-14/h7-11,20H,2-6,17H2,1H3,(H,18,19,21). The fourth-order valence-electron chi connectivity index (χ4n) is 3.25. The Balaban J connectivity index is 1.86. The Hall–Kier alpha value is -2.04. The zero-order valence-corrected chi connectivity index (χ0v) is 12.4. The van der Waals surface area contributed by atoms with Crippen LogP contribution in [0.4, 0.5) is 11.4 Å². The van der Waals surface area contributed by atoms with Crippen molar-refractivity contribution in [3.63, 3.8) is 0 Å². The molecule has 0 radical (unpaired) electrons. The lowest BCUT2D eigenvalue weighted by Gasteiger charge is -2.29. The molecule has 1 aliphatic rings. The second-order valence-electron chi connectivity index (χ2n) is 6.02. The monoisotopic (exact) mass is 286 g/mol. The lowest BCUT2D eigenvalue weighted by molar-refractivity contribution is 0.328. The van der Waals surface area contributed by atoms with E-state index < -0.39 is 0 Å². The number of anilines is 2. The van der Waals surface area contributed by atoms with E-state index in [0.29, 0.717) is 28.6 Å². The normalized spacial score (nSPS) is 17.8. The number of nitrogens with two attached hydrogens (primary N) is 1. The van der Waals surface area contributed by atoms with E-state index in [-0.39, 0.29) is 5.56 Å². The van der Waals surface area contributed by atoms with Crippen LogP contribution in [0.1, 0.15) is 39.0 Å². The molecule has 2 aromatic rings. The van der Waals surface area contributed by atoms with Crippen molar-refractivity contribution in [1.82, 2.24) is 9.97 Å². The smallest absolute Gasteiger partial charge is 0.258 e. The van der Waals surface area contributed by atoms with E-state index in [4.69, 9.17) is 5.73 Å². The second-order valence-corrected chi connectivity index (χ2v) is 6.02. The van der Waals surface area contributed by atoms with Crippen molar-refractivity contribution in [1.29, 1.82) is 0 Å². The van der Waals surface area contributed by atoms with Crippen LogP contribution in [0.2, 0.25) is 0 Å². The summed E-state index contributed by atoms with van der Waals surface area (Å²) in [6, 6.07) is 3.96. The lowest BCUT2D eigenvalue weighted by Crippen LogP contribution is -2.28. The van der Waals surface area contributed by atoms with Crippen molar-refractivity contribution in [3.05, 3.63) is 28.8 Å². The molecule has 0 saturated heterocycles. The molecule has 3 rings (SSSR count). The van der Waals surface area contributed by atoms with Crippen molar-refractivity contribution in [2.45, 2.75) is 45.1 Å². The van der Waals surface area contributed by atoms with Crippen LogP contribution in [0.25, 0.3) is 10.9 Å². The van der Waals surface area contributed by atoms with Gasteiger partial charge in [-0.1, -0.05) is 19.3 Å². The SMILES string of the molecule is CC(Nc1cc2nc[nH]c(=O)c2cc1N)C1CCCCC1. The fourth-order valence-corrected chi connectivity index (χ4v) is 3.25. The quantitative estimate of drug-likeness (QED) is 0.757. The molecular formula is C16H22N4O. The summed E-state index contributed by atoms with van der Waals surface area (Å²) in [4.78, 5) is 18.5. The van der Waals surface area contributed by atoms with Gasteiger partial charge >= 0.3 is 0 Å². The van der Waals surface area contributed by atoms with Gasteiger partial charge in [0.05, 0.1) is 28.6 Å². The second kappa shape index (κ2) is 5.76. The summed E-state index contributed by atoms with van der Waals surface area (Å²) in [6.07, 6.45) is 7.98. The molecule has 1 unspecified atom stereocenters. The van der Waals surface area contributed by atoms with Gasteiger partial charge in [0.1, 0.15) is 0 Å². The average Bonchev–Trinajstić information content (AvgIpc) is 2.50. The molecule has 5 nitrogen and oxygen atoms in total. The summed E-state index contributed by atoms with van der Waals surface area (Å²) in [6.45, 7) is 2.21. The summed E-state index contributed by atoms with van der Waals surface area (Å²) < 4.78 is 0.